The van der Waals surface area contributed by atoms with Crippen LogP contribution in [0.25, 0.3) is 6.08 Å². The highest BCUT2D eigenvalue weighted by atomic mass is 16.7. The molecule has 1 fully saturated rings. The average Bonchev–Trinajstić information content (AvgIpc) is 3.36. The fraction of sp³-hybridized carbons (Fsp3) is 0.455. The molecule has 0 bridgehead atoms. The van der Waals surface area contributed by atoms with E-state index in [1.54, 1.807) is 6.08 Å². The summed E-state index contributed by atoms with van der Waals surface area (Å²) in [6, 6.07) is 14.4. The number of aryl methyl sites for hydroxylation is 2. The van der Waals surface area contributed by atoms with Crippen LogP contribution in [0.15, 0.2) is 48.2 Å². The number of hydrogen-bond donors (Lipinski definition) is 1. The lowest BCUT2D eigenvalue weighted by molar-refractivity contribution is -0.432. The van der Waals surface area contributed by atoms with Gasteiger partial charge in [0.2, 0.25) is 0 Å². The molecule has 1 aromatic heterocycles. The third-order valence-corrected chi connectivity index (χ3v) is 5.13. The van der Waals surface area contributed by atoms with Gasteiger partial charge < -0.3 is 14.5 Å². The van der Waals surface area contributed by atoms with Crippen LogP contribution in [0.2, 0.25) is 0 Å². The van der Waals surface area contributed by atoms with Crippen LogP contribution in [-0.4, -0.2) is 28.9 Å². The lowest BCUT2D eigenvalue weighted by Crippen LogP contribution is -2.30. The van der Waals surface area contributed by atoms with Crippen LogP contribution in [0, 0.1) is 10.1 Å². The third kappa shape index (κ3) is 5.53. The number of aromatic nitrogens is 1. The molecule has 1 aliphatic heterocycles. The number of nitrogens with zero attached hydrogens (tertiary/aromatic N) is 1. The Bertz CT molecular complexity index is 792. The van der Waals surface area contributed by atoms with Crippen LogP contribution < -0.4 is 0 Å². The molecule has 1 N–H and O–H groups in total. The summed E-state index contributed by atoms with van der Waals surface area (Å²) in [4.78, 5) is 14.5. The molecule has 6 nitrogen and oxygen atoms in total. The Morgan fingerprint density at radius 1 is 1.14 bits per heavy atom. The minimum atomic E-state index is -0.869. The van der Waals surface area contributed by atoms with Crippen LogP contribution in [0.4, 0.5) is 0 Å². The molecule has 6 heteroatoms. The summed E-state index contributed by atoms with van der Waals surface area (Å²) in [6.45, 7) is 2.88. The molecule has 0 atom stereocenters. The standard InChI is InChI=1S/C22H28N2O4/c1-2-22(27-14-15-28-22)17-21(24(25)26)16-20-13-12-19(23-20)11-7-6-10-18-8-4-3-5-9-18/h3-5,8-9,12-13,16,23H,2,6-7,10-11,14-15,17H2,1H3/b21-16+. The van der Waals surface area contributed by atoms with Gasteiger partial charge in [-0.15, -0.1) is 0 Å². The molecule has 0 radical (unpaired) electrons. The van der Waals surface area contributed by atoms with Crippen molar-refractivity contribution in [2.45, 2.75) is 51.2 Å². The predicted octanol–water partition coefficient (Wildman–Crippen LogP) is 4.74. The number of unbranched alkanes of at least 4 members (excludes halogenated alkanes) is 1. The molecule has 28 heavy (non-hydrogen) atoms. The summed E-state index contributed by atoms with van der Waals surface area (Å²) in [5, 5.41) is 11.5. The summed E-state index contributed by atoms with van der Waals surface area (Å²) in [5.41, 5.74) is 3.30. The molecule has 1 aromatic carbocycles. The van der Waals surface area contributed by atoms with E-state index < -0.39 is 5.79 Å². The lowest BCUT2D eigenvalue weighted by atomic mass is 10.1. The molecule has 2 aromatic rings. The molecular weight excluding hydrogens is 356 g/mol. The summed E-state index contributed by atoms with van der Waals surface area (Å²) < 4.78 is 11.3. The highest BCUT2D eigenvalue weighted by Crippen LogP contribution is 2.31. The van der Waals surface area contributed by atoms with E-state index >= 15 is 0 Å². The van der Waals surface area contributed by atoms with Gasteiger partial charge in [-0.05, 0) is 49.8 Å². The predicted molar refractivity (Wildman–Crippen MR) is 108 cm³/mol. The van der Waals surface area contributed by atoms with Gasteiger partial charge >= 0.3 is 0 Å². The minimum Gasteiger partial charge on any atom is -0.359 e. The van der Waals surface area contributed by atoms with Crippen LogP contribution >= 0.6 is 0 Å². The fourth-order valence-electron chi connectivity index (χ4n) is 3.53. The number of benzene rings is 1. The topological polar surface area (TPSA) is 77.4 Å². The van der Waals surface area contributed by atoms with E-state index in [0.717, 1.165) is 37.1 Å². The molecule has 1 aliphatic rings. The van der Waals surface area contributed by atoms with E-state index in [1.807, 2.05) is 25.1 Å². The first-order valence-corrected chi connectivity index (χ1v) is 9.95. The maximum absolute atomic E-state index is 11.5. The van der Waals surface area contributed by atoms with Crippen LogP contribution in [-0.2, 0) is 22.3 Å². The van der Waals surface area contributed by atoms with Gasteiger partial charge in [-0.3, -0.25) is 10.1 Å². The van der Waals surface area contributed by atoms with Gasteiger partial charge in [0.25, 0.3) is 5.70 Å². The first kappa shape index (κ1) is 20.3. The van der Waals surface area contributed by atoms with Crippen molar-refractivity contribution < 1.29 is 14.4 Å². The zero-order valence-corrected chi connectivity index (χ0v) is 16.4. The van der Waals surface area contributed by atoms with Gasteiger partial charge in [-0.25, -0.2) is 0 Å². The lowest BCUT2D eigenvalue weighted by Gasteiger charge is -2.24. The van der Waals surface area contributed by atoms with E-state index in [-0.39, 0.29) is 17.0 Å². The smallest absolute Gasteiger partial charge is 0.253 e. The third-order valence-electron chi connectivity index (χ3n) is 5.13. The van der Waals surface area contributed by atoms with Gasteiger partial charge in [0.15, 0.2) is 5.79 Å². The summed E-state index contributed by atoms with van der Waals surface area (Å²) in [5.74, 6) is -0.869. The second-order valence-corrected chi connectivity index (χ2v) is 7.16. The van der Waals surface area contributed by atoms with E-state index in [4.69, 9.17) is 9.47 Å². The molecule has 0 amide bonds. The number of nitrogens with one attached hydrogen (secondary N) is 1. The Hall–Kier alpha value is -2.44. The Labute approximate surface area is 165 Å². The zero-order valence-electron chi connectivity index (χ0n) is 16.4. The zero-order chi connectivity index (χ0) is 19.8. The molecule has 0 unspecified atom stereocenters. The highest BCUT2D eigenvalue weighted by molar-refractivity contribution is 5.48. The number of aromatic amines is 1. The normalized spacial score (nSPS) is 16.4. The maximum Gasteiger partial charge on any atom is 0.253 e. The first-order chi connectivity index (χ1) is 13.6. The Balaban J connectivity index is 1.55. The SMILES string of the molecule is CCC1(C/C(=C\c2ccc(CCCCc3ccccc3)[nH]2)[N+](=O)[O-])OCCO1. The van der Waals surface area contributed by atoms with Gasteiger partial charge in [0, 0.05) is 17.5 Å². The summed E-state index contributed by atoms with van der Waals surface area (Å²) >= 11 is 0. The van der Waals surface area contributed by atoms with Gasteiger partial charge in [-0.2, -0.15) is 0 Å². The van der Waals surface area contributed by atoms with E-state index in [1.165, 1.54) is 5.56 Å². The Kier molecular flexibility index (Phi) is 7.01. The van der Waals surface area contributed by atoms with Crippen molar-refractivity contribution in [2.75, 3.05) is 13.2 Å². The molecule has 2 heterocycles. The summed E-state index contributed by atoms with van der Waals surface area (Å²) in [6.07, 6.45) is 6.50. The molecule has 150 valence electrons. The molecule has 0 saturated carbocycles. The van der Waals surface area contributed by atoms with Crippen molar-refractivity contribution >= 4 is 6.08 Å². The molecular formula is C22H28N2O4. The highest BCUT2D eigenvalue weighted by Gasteiger charge is 2.39. The quantitative estimate of drug-likeness (QED) is 0.365. The first-order valence-electron chi connectivity index (χ1n) is 9.95. The average molecular weight is 384 g/mol. The van der Waals surface area contributed by atoms with Gasteiger partial charge in [0.1, 0.15) is 0 Å². The minimum absolute atomic E-state index is 0.0984. The second kappa shape index (κ2) is 9.66. The fourth-order valence-corrected chi connectivity index (χ4v) is 3.53. The van der Waals surface area contributed by atoms with Crippen molar-refractivity contribution in [1.29, 1.82) is 0 Å². The Morgan fingerprint density at radius 3 is 2.54 bits per heavy atom. The number of hydrogen-bond acceptors (Lipinski definition) is 4. The van der Waals surface area contributed by atoms with Crippen molar-refractivity contribution in [1.82, 2.24) is 4.98 Å². The van der Waals surface area contributed by atoms with E-state index in [0.29, 0.717) is 19.6 Å². The number of H-pyrrole nitrogens is 1. The molecule has 1 saturated heterocycles. The number of nitro groups is 1. The second-order valence-electron chi connectivity index (χ2n) is 7.16. The maximum atomic E-state index is 11.5. The molecule has 0 spiro atoms. The van der Waals surface area contributed by atoms with Crippen molar-refractivity contribution in [3.8, 4) is 0 Å². The van der Waals surface area contributed by atoms with Crippen molar-refractivity contribution in [2.24, 2.45) is 0 Å². The monoisotopic (exact) mass is 384 g/mol. The van der Waals surface area contributed by atoms with Crippen molar-refractivity contribution in [3.05, 3.63) is 75.2 Å². The largest absolute Gasteiger partial charge is 0.359 e. The summed E-state index contributed by atoms with van der Waals surface area (Å²) in [7, 11) is 0. The number of rotatable bonds is 10. The van der Waals surface area contributed by atoms with Crippen molar-refractivity contribution in [3.63, 3.8) is 0 Å². The van der Waals surface area contributed by atoms with E-state index in [9.17, 15) is 10.1 Å². The van der Waals surface area contributed by atoms with Gasteiger partial charge in [-0.1, -0.05) is 37.3 Å². The Morgan fingerprint density at radius 2 is 1.86 bits per heavy atom. The molecule has 0 aliphatic carbocycles. The van der Waals surface area contributed by atoms with E-state index in [2.05, 4.69) is 29.2 Å². The van der Waals surface area contributed by atoms with Gasteiger partial charge in [0.05, 0.1) is 24.6 Å². The van der Waals surface area contributed by atoms with Crippen LogP contribution in [0.5, 0.6) is 0 Å². The van der Waals surface area contributed by atoms with Crippen LogP contribution in [0.1, 0.15) is 49.6 Å². The van der Waals surface area contributed by atoms with Crippen LogP contribution in [0.3, 0.4) is 0 Å². The number of ether oxygens (including phenoxy) is 2. The molecule has 3 rings (SSSR count).